The zero-order chi connectivity index (χ0) is 6.41. The van der Waals surface area contributed by atoms with Crippen LogP contribution in [0.5, 0.6) is 0 Å². The Balaban J connectivity index is 3.06. The molecule has 0 rings (SSSR count). The first-order valence-corrected chi connectivity index (χ1v) is 4.84. The van der Waals surface area contributed by atoms with Gasteiger partial charge < -0.3 is 0 Å². The fourth-order valence-corrected chi connectivity index (χ4v) is 1.86. The van der Waals surface area contributed by atoms with Crippen LogP contribution in [0.2, 0.25) is 0 Å². The van der Waals surface area contributed by atoms with Crippen molar-refractivity contribution in [2.24, 2.45) is 0 Å². The number of hydrogen-bond acceptors (Lipinski definition) is 1. The van der Waals surface area contributed by atoms with Crippen molar-refractivity contribution < 1.29 is 4.21 Å². The van der Waals surface area contributed by atoms with Gasteiger partial charge in [-0.2, -0.15) is 0 Å². The van der Waals surface area contributed by atoms with E-state index in [2.05, 4.69) is 0 Å². The van der Waals surface area contributed by atoms with Crippen molar-refractivity contribution >= 4 is 34.0 Å². The summed E-state index contributed by atoms with van der Waals surface area (Å²) in [6, 6.07) is 0. The smallest absolute Gasteiger partial charge is 0.0371 e. The molecule has 0 aromatic heterocycles. The number of hydrogen-bond donors (Lipinski definition) is 0. The molecule has 0 saturated carbocycles. The van der Waals surface area contributed by atoms with Crippen LogP contribution >= 0.6 is 23.2 Å². The molecule has 0 fully saturated rings. The summed E-state index contributed by atoms with van der Waals surface area (Å²) < 4.78 is 10.6. The lowest BCUT2D eigenvalue weighted by atomic mass is 10.9. The van der Waals surface area contributed by atoms with E-state index >= 15 is 0 Å². The van der Waals surface area contributed by atoms with E-state index in [0.29, 0.717) is 23.3 Å². The molecule has 0 aromatic carbocycles. The molecule has 0 saturated heterocycles. The summed E-state index contributed by atoms with van der Waals surface area (Å²) in [4.78, 5) is 0. The molecule has 0 aliphatic carbocycles. The first-order chi connectivity index (χ1) is 3.81. The minimum Gasteiger partial charge on any atom is -0.259 e. The van der Waals surface area contributed by atoms with Crippen LogP contribution in [0.3, 0.4) is 0 Å². The maximum Gasteiger partial charge on any atom is 0.0371 e. The van der Waals surface area contributed by atoms with E-state index in [0.717, 1.165) is 0 Å². The molecule has 0 atom stereocenters. The molecule has 4 heteroatoms. The second-order valence-electron chi connectivity index (χ2n) is 1.23. The van der Waals surface area contributed by atoms with Gasteiger partial charge in [0.15, 0.2) is 0 Å². The SMILES string of the molecule is O=S(CCCl)CCCl. The fraction of sp³-hybridized carbons (Fsp3) is 1.00. The average molecular weight is 175 g/mol. The largest absolute Gasteiger partial charge is 0.259 e. The van der Waals surface area contributed by atoms with Crippen molar-refractivity contribution in [1.82, 2.24) is 0 Å². The van der Waals surface area contributed by atoms with Gasteiger partial charge in [0.25, 0.3) is 0 Å². The Morgan fingerprint density at radius 3 is 1.75 bits per heavy atom. The number of halogens is 2. The van der Waals surface area contributed by atoms with E-state index in [4.69, 9.17) is 23.2 Å². The second-order valence-corrected chi connectivity index (χ2v) is 3.68. The Hall–Kier alpha value is 0.730. The Morgan fingerprint density at radius 1 is 1.12 bits per heavy atom. The Labute approximate surface area is 61.8 Å². The summed E-state index contributed by atoms with van der Waals surface area (Å²) in [6.45, 7) is 0. The van der Waals surface area contributed by atoms with Crippen LogP contribution in [0.15, 0.2) is 0 Å². The van der Waals surface area contributed by atoms with Crippen LogP contribution in [0.1, 0.15) is 0 Å². The zero-order valence-corrected chi connectivity index (χ0v) is 6.73. The predicted molar refractivity (Wildman–Crippen MR) is 39.3 cm³/mol. The highest BCUT2D eigenvalue weighted by Gasteiger charge is 1.94. The van der Waals surface area contributed by atoms with Gasteiger partial charge >= 0.3 is 0 Å². The molecule has 0 N–H and O–H groups in total. The summed E-state index contributed by atoms with van der Waals surface area (Å²) in [5, 5.41) is 0. The summed E-state index contributed by atoms with van der Waals surface area (Å²) >= 11 is 10.6. The Kier molecular flexibility index (Phi) is 6.39. The minimum atomic E-state index is -0.784. The van der Waals surface area contributed by atoms with Gasteiger partial charge in [0, 0.05) is 34.1 Å². The predicted octanol–water partition coefficient (Wildman–Crippen LogP) is 1.21. The highest BCUT2D eigenvalue weighted by Crippen LogP contribution is 1.86. The Morgan fingerprint density at radius 2 is 1.50 bits per heavy atom. The van der Waals surface area contributed by atoms with Crippen molar-refractivity contribution in [3.05, 3.63) is 0 Å². The highest BCUT2D eigenvalue weighted by atomic mass is 35.5. The van der Waals surface area contributed by atoms with E-state index in [1.807, 2.05) is 0 Å². The average Bonchev–Trinajstić information content (AvgIpc) is 1.68. The van der Waals surface area contributed by atoms with Gasteiger partial charge in [-0.15, -0.1) is 23.2 Å². The summed E-state index contributed by atoms with van der Waals surface area (Å²) in [5.41, 5.74) is 0. The molecular weight excluding hydrogens is 167 g/mol. The summed E-state index contributed by atoms with van der Waals surface area (Å²) in [6.07, 6.45) is 0. The molecule has 0 spiro atoms. The van der Waals surface area contributed by atoms with E-state index in [-0.39, 0.29) is 0 Å². The minimum absolute atomic E-state index is 0.462. The first kappa shape index (κ1) is 8.73. The quantitative estimate of drug-likeness (QED) is 0.587. The lowest BCUT2D eigenvalue weighted by Crippen LogP contribution is -2.03. The van der Waals surface area contributed by atoms with Gasteiger partial charge in [-0.05, 0) is 0 Å². The molecular formula is C4H8Cl2OS. The molecule has 0 unspecified atom stereocenters. The van der Waals surface area contributed by atoms with Gasteiger partial charge in [-0.25, -0.2) is 0 Å². The molecule has 50 valence electrons. The zero-order valence-electron chi connectivity index (χ0n) is 4.40. The Bertz CT molecular complexity index is 68.4. The van der Waals surface area contributed by atoms with Crippen LogP contribution in [0, 0.1) is 0 Å². The fourth-order valence-electron chi connectivity index (χ4n) is 0.274. The lowest BCUT2D eigenvalue weighted by Gasteiger charge is -1.91. The normalized spacial score (nSPS) is 10.4. The molecule has 1 nitrogen and oxygen atoms in total. The van der Waals surface area contributed by atoms with Crippen LogP contribution in [0.4, 0.5) is 0 Å². The van der Waals surface area contributed by atoms with E-state index in [9.17, 15) is 4.21 Å². The third-order valence-corrected chi connectivity index (χ3v) is 2.75. The second kappa shape index (κ2) is 5.86. The van der Waals surface area contributed by atoms with Crippen molar-refractivity contribution in [3.8, 4) is 0 Å². The molecule has 0 heterocycles. The van der Waals surface area contributed by atoms with Gasteiger partial charge in [0.1, 0.15) is 0 Å². The standard InChI is InChI=1S/C4H8Cl2OS/c5-1-3-8(7)4-2-6/h1-4H2. The van der Waals surface area contributed by atoms with Crippen molar-refractivity contribution in [1.29, 1.82) is 0 Å². The van der Waals surface area contributed by atoms with Crippen LogP contribution in [0.25, 0.3) is 0 Å². The van der Waals surface area contributed by atoms with Crippen LogP contribution in [-0.2, 0) is 10.8 Å². The maximum atomic E-state index is 10.6. The van der Waals surface area contributed by atoms with E-state index < -0.39 is 10.8 Å². The molecule has 0 aliphatic rings. The summed E-state index contributed by atoms with van der Waals surface area (Å²) in [5.74, 6) is 2.05. The topological polar surface area (TPSA) is 17.1 Å². The number of rotatable bonds is 4. The molecule has 0 aromatic rings. The maximum absolute atomic E-state index is 10.6. The molecule has 0 bridgehead atoms. The van der Waals surface area contributed by atoms with Gasteiger partial charge in [-0.3, -0.25) is 4.21 Å². The first-order valence-electron chi connectivity index (χ1n) is 2.28. The van der Waals surface area contributed by atoms with E-state index in [1.54, 1.807) is 0 Å². The number of alkyl halides is 2. The molecule has 8 heavy (non-hydrogen) atoms. The van der Waals surface area contributed by atoms with Crippen molar-refractivity contribution in [2.45, 2.75) is 0 Å². The third-order valence-electron chi connectivity index (χ3n) is 0.610. The van der Waals surface area contributed by atoms with Gasteiger partial charge in [0.2, 0.25) is 0 Å². The monoisotopic (exact) mass is 174 g/mol. The van der Waals surface area contributed by atoms with Crippen LogP contribution in [-0.4, -0.2) is 27.5 Å². The highest BCUT2D eigenvalue weighted by molar-refractivity contribution is 7.85. The molecule has 0 aliphatic heterocycles. The lowest BCUT2D eigenvalue weighted by molar-refractivity contribution is 0.685. The van der Waals surface area contributed by atoms with E-state index in [1.165, 1.54) is 0 Å². The third kappa shape index (κ3) is 4.88. The molecule has 0 radical (unpaired) electrons. The molecule has 0 amide bonds. The van der Waals surface area contributed by atoms with Gasteiger partial charge in [0.05, 0.1) is 0 Å². The van der Waals surface area contributed by atoms with Crippen molar-refractivity contribution in [3.63, 3.8) is 0 Å². The summed E-state index contributed by atoms with van der Waals surface area (Å²) in [7, 11) is -0.784. The van der Waals surface area contributed by atoms with Crippen LogP contribution < -0.4 is 0 Å². The van der Waals surface area contributed by atoms with Crippen molar-refractivity contribution in [2.75, 3.05) is 23.3 Å². The van der Waals surface area contributed by atoms with Gasteiger partial charge in [-0.1, -0.05) is 0 Å².